The molecule has 0 amide bonds. The van der Waals surface area contributed by atoms with Gasteiger partial charge in [-0.25, -0.2) is 0 Å². The van der Waals surface area contributed by atoms with Crippen molar-refractivity contribution in [3.8, 4) is 0 Å². The predicted octanol–water partition coefficient (Wildman–Crippen LogP) is 4.35. The van der Waals surface area contributed by atoms with Crippen LogP contribution in [0.1, 0.15) is 53.9 Å². The van der Waals surface area contributed by atoms with Crippen molar-refractivity contribution in [2.45, 2.75) is 53.9 Å². The summed E-state index contributed by atoms with van der Waals surface area (Å²) in [6, 6.07) is 0. The molecule has 0 N–H and O–H groups in total. The Balaban J connectivity index is 2.55. The van der Waals surface area contributed by atoms with Crippen LogP contribution in [0, 0.1) is 29.6 Å². The molecule has 0 heteroatoms. The monoisotopic (exact) mass is 182 g/mol. The van der Waals surface area contributed by atoms with Crippen molar-refractivity contribution in [3.63, 3.8) is 0 Å². The molecule has 0 spiro atoms. The minimum atomic E-state index is 0.901. The fourth-order valence-corrected chi connectivity index (χ4v) is 3.61. The van der Waals surface area contributed by atoms with Gasteiger partial charge < -0.3 is 0 Å². The first-order valence-electron chi connectivity index (χ1n) is 6.13. The normalized spacial score (nSPS) is 39.2. The summed E-state index contributed by atoms with van der Waals surface area (Å²) in [5.74, 6) is 4.99. The lowest BCUT2D eigenvalue weighted by Gasteiger charge is -2.53. The molecule has 0 aromatic rings. The van der Waals surface area contributed by atoms with Crippen molar-refractivity contribution < 1.29 is 0 Å². The molecule has 0 aliphatic heterocycles. The summed E-state index contributed by atoms with van der Waals surface area (Å²) >= 11 is 0. The SMILES string of the molecule is CCCC1C(C)C(CC)C1C(C)C. The van der Waals surface area contributed by atoms with Crippen molar-refractivity contribution in [1.29, 1.82) is 0 Å². The van der Waals surface area contributed by atoms with E-state index in [1.165, 1.54) is 19.3 Å². The van der Waals surface area contributed by atoms with Gasteiger partial charge in [0.05, 0.1) is 0 Å². The lowest BCUT2D eigenvalue weighted by atomic mass is 9.52. The highest BCUT2D eigenvalue weighted by Crippen LogP contribution is 2.52. The van der Waals surface area contributed by atoms with E-state index >= 15 is 0 Å². The van der Waals surface area contributed by atoms with E-state index in [-0.39, 0.29) is 0 Å². The van der Waals surface area contributed by atoms with E-state index in [9.17, 15) is 0 Å². The van der Waals surface area contributed by atoms with Gasteiger partial charge in [-0.05, 0) is 29.6 Å². The van der Waals surface area contributed by atoms with Gasteiger partial charge in [-0.2, -0.15) is 0 Å². The van der Waals surface area contributed by atoms with E-state index in [1.807, 2.05) is 0 Å². The van der Waals surface area contributed by atoms with Crippen LogP contribution in [0.25, 0.3) is 0 Å². The molecule has 0 bridgehead atoms. The summed E-state index contributed by atoms with van der Waals surface area (Å²) in [6.45, 7) is 12.0. The van der Waals surface area contributed by atoms with Crippen molar-refractivity contribution in [2.24, 2.45) is 29.6 Å². The number of hydrogen-bond acceptors (Lipinski definition) is 0. The Labute approximate surface area is 84.1 Å². The van der Waals surface area contributed by atoms with E-state index in [4.69, 9.17) is 0 Å². The van der Waals surface area contributed by atoms with Crippen molar-refractivity contribution >= 4 is 0 Å². The Morgan fingerprint density at radius 3 is 2.08 bits per heavy atom. The highest BCUT2D eigenvalue weighted by atomic mass is 14.5. The van der Waals surface area contributed by atoms with Crippen LogP contribution in [0.15, 0.2) is 0 Å². The highest BCUT2D eigenvalue weighted by molar-refractivity contribution is 4.94. The van der Waals surface area contributed by atoms with E-state index < -0.39 is 0 Å². The van der Waals surface area contributed by atoms with Gasteiger partial charge in [-0.15, -0.1) is 0 Å². The van der Waals surface area contributed by atoms with E-state index in [2.05, 4.69) is 34.6 Å². The first-order valence-corrected chi connectivity index (χ1v) is 6.13. The standard InChI is InChI=1S/C13H26/c1-6-8-12-10(5)11(7-2)13(12)9(3)4/h9-13H,6-8H2,1-5H3. The Morgan fingerprint density at radius 2 is 1.69 bits per heavy atom. The fourth-order valence-electron chi connectivity index (χ4n) is 3.61. The molecule has 0 aromatic carbocycles. The lowest BCUT2D eigenvalue weighted by molar-refractivity contribution is -0.0483. The molecule has 0 nitrogen and oxygen atoms in total. The maximum atomic E-state index is 2.47. The van der Waals surface area contributed by atoms with Gasteiger partial charge in [-0.1, -0.05) is 53.9 Å². The molecule has 0 aromatic heterocycles. The van der Waals surface area contributed by atoms with Crippen molar-refractivity contribution in [1.82, 2.24) is 0 Å². The zero-order chi connectivity index (χ0) is 10.0. The molecule has 1 aliphatic carbocycles. The molecular weight excluding hydrogens is 156 g/mol. The molecule has 1 aliphatic rings. The molecular formula is C13H26. The Bertz CT molecular complexity index is 148. The molecule has 78 valence electrons. The first-order chi connectivity index (χ1) is 6.13. The second kappa shape index (κ2) is 4.48. The number of rotatable bonds is 4. The van der Waals surface area contributed by atoms with Crippen LogP contribution in [0.5, 0.6) is 0 Å². The average Bonchev–Trinajstić information content (AvgIpc) is 2.08. The fraction of sp³-hybridized carbons (Fsp3) is 1.00. The molecule has 0 radical (unpaired) electrons. The molecule has 13 heavy (non-hydrogen) atoms. The highest BCUT2D eigenvalue weighted by Gasteiger charge is 2.46. The lowest BCUT2D eigenvalue weighted by Crippen LogP contribution is -2.47. The minimum Gasteiger partial charge on any atom is -0.0654 e. The van der Waals surface area contributed by atoms with Gasteiger partial charge in [0.1, 0.15) is 0 Å². The third kappa shape index (κ3) is 1.92. The Morgan fingerprint density at radius 1 is 1.08 bits per heavy atom. The van der Waals surface area contributed by atoms with Crippen LogP contribution in [-0.2, 0) is 0 Å². The summed E-state index contributed by atoms with van der Waals surface area (Å²) in [5, 5.41) is 0. The van der Waals surface area contributed by atoms with Crippen LogP contribution in [0.4, 0.5) is 0 Å². The van der Waals surface area contributed by atoms with Crippen LogP contribution < -0.4 is 0 Å². The van der Waals surface area contributed by atoms with Gasteiger partial charge in [0.25, 0.3) is 0 Å². The van der Waals surface area contributed by atoms with Gasteiger partial charge in [0.15, 0.2) is 0 Å². The van der Waals surface area contributed by atoms with E-state index in [1.54, 1.807) is 0 Å². The summed E-state index contributed by atoms with van der Waals surface area (Å²) in [7, 11) is 0. The molecule has 4 unspecified atom stereocenters. The summed E-state index contributed by atoms with van der Waals surface area (Å²) in [5.41, 5.74) is 0. The van der Waals surface area contributed by atoms with Crippen molar-refractivity contribution in [2.75, 3.05) is 0 Å². The van der Waals surface area contributed by atoms with Gasteiger partial charge >= 0.3 is 0 Å². The third-order valence-corrected chi connectivity index (χ3v) is 4.20. The average molecular weight is 182 g/mol. The van der Waals surface area contributed by atoms with Gasteiger partial charge in [0, 0.05) is 0 Å². The second-order valence-electron chi connectivity index (χ2n) is 5.21. The minimum absolute atomic E-state index is 0.901. The summed E-state index contributed by atoms with van der Waals surface area (Å²) in [4.78, 5) is 0. The molecule has 1 saturated carbocycles. The van der Waals surface area contributed by atoms with Crippen LogP contribution in [-0.4, -0.2) is 0 Å². The van der Waals surface area contributed by atoms with Gasteiger partial charge in [-0.3, -0.25) is 0 Å². The molecule has 0 heterocycles. The molecule has 1 fully saturated rings. The van der Waals surface area contributed by atoms with Crippen LogP contribution in [0.3, 0.4) is 0 Å². The Kier molecular flexibility index (Phi) is 3.82. The number of hydrogen-bond donors (Lipinski definition) is 0. The Hall–Kier alpha value is 0. The van der Waals surface area contributed by atoms with E-state index in [0.717, 1.165) is 29.6 Å². The molecule has 1 rings (SSSR count). The van der Waals surface area contributed by atoms with Crippen LogP contribution in [0.2, 0.25) is 0 Å². The first kappa shape index (κ1) is 11.1. The largest absolute Gasteiger partial charge is 0.0654 e. The van der Waals surface area contributed by atoms with E-state index in [0.29, 0.717) is 0 Å². The predicted molar refractivity (Wildman–Crippen MR) is 59.7 cm³/mol. The third-order valence-electron chi connectivity index (χ3n) is 4.20. The zero-order valence-electron chi connectivity index (χ0n) is 10.0. The van der Waals surface area contributed by atoms with Crippen molar-refractivity contribution in [3.05, 3.63) is 0 Å². The maximum Gasteiger partial charge on any atom is -0.0329 e. The van der Waals surface area contributed by atoms with Crippen LogP contribution >= 0.6 is 0 Å². The summed E-state index contributed by atoms with van der Waals surface area (Å²) < 4.78 is 0. The maximum absolute atomic E-state index is 2.47. The zero-order valence-corrected chi connectivity index (χ0v) is 10.0. The smallest absolute Gasteiger partial charge is 0.0329 e. The second-order valence-corrected chi connectivity index (χ2v) is 5.21. The summed E-state index contributed by atoms with van der Waals surface area (Å²) in [6.07, 6.45) is 4.22. The van der Waals surface area contributed by atoms with Gasteiger partial charge in [0.2, 0.25) is 0 Å². The molecule has 0 saturated heterocycles. The molecule has 4 atom stereocenters. The topological polar surface area (TPSA) is 0 Å². The quantitative estimate of drug-likeness (QED) is 0.606.